The number of hydrogen-bond donors (Lipinski definition) is 0. The lowest BCUT2D eigenvalue weighted by Gasteiger charge is -2.48. The lowest BCUT2D eigenvalue weighted by atomic mass is 9.76. The van der Waals surface area contributed by atoms with E-state index in [0.29, 0.717) is 18.4 Å². The van der Waals surface area contributed by atoms with Gasteiger partial charge in [-0.05, 0) is 52.9 Å². The summed E-state index contributed by atoms with van der Waals surface area (Å²) in [5, 5.41) is 0. The zero-order valence-electron chi connectivity index (χ0n) is 16.1. The van der Waals surface area contributed by atoms with Crippen LogP contribution in [0.15, 0.2) is 24.3 Å². The molecule has 1 aromatic rings. The quantitative estimate of drug-likeness (QED) is 0.663. The fourth-order valence-corrected chi connectivity index (χ4v) is 4.24. The first-order chi connectivity index (χ1) is 12.7. The van der Waals surface area contributed by atoms with Gasteiger partial charge < -0.3 is 9.64 Å². The van der Waals surface area contributed by atoms with Crippen molar-refractivity contribution in [3.05, 3.63) is 35.4 Å². The van der Waals surface area contributed by atoms with Gasteiger partial charge in [-0.3, -0.25) is 4.79 Å². The van der Waals surface area contributed by atoms with Gasteiger partial charge >= 0.3 is 6.09 Å². The Hall–Kier alpha value is -1.98. The SMILES string of the molecule is CC(C)(C)OC(=O)N1C2CCCC1CC(C(=O)c1ccc(C(F)F)cc1)C2. The van der Waals surface area contributed by atoms with Gasteiger partial charge in [0.15, 0.2) is 5.78 Å². The Kier molecular flexibility index (Phi) is 5.54. The third-order valence-electron chi connectivity index (χ3n) is 5.40. The second-order valence-corrected chi connectivity index (χ2v) is 8.58. The summed E-state index contributed by atoms with van der Waals surface area (Å²) in [6, 6.07) is 5.60. The molecule has 2 aliphatic heterocycles. The number of hydrogen-bond acceptors (Lipinski definition) is 3. The van der Waals surface area contributed by atoms with E-state index in [1.54, 1.807) is 0 Å². The Balaban J connectivity index is 1.72. The lowest BCUT2D eigenvalue weighted by molar-refractivity contribution is -0.0260. The highest BCUT2D eigenvalue weighted by molar-refractivity contribution is 5.98. The number of benzene rings is 1. The number of amides is 1. The Morgan fingerprint density at radius 3 is 2.11 bits per heavy atom. The van der Waals surface area contributed by atoms with Crippen molar-refractivity contribution in [2.45, 2.75) is 77.0 Å². The van der Waals surface area contributed by atoms with Crippen LogP contribution in [-0.4, -0.2) is 34.5 Å². The van der Waals surface area contributed by atoms with Crippen LogP contribution < -0.4 is 0 Å². The fourth-order valence-electron chi connectivity index (χ4n) is 4.24. The smallest absolute Gasteiger partial charge is 0.410 e. The average molecular weight is 379 g/mol. The van der Waals surface area contributed by atoms with Crippen LogP contribution in [0.5, 0.6) is 0 Å². The molecule has 4 nitrogen and oxygen atoms in total. The third-order valence-corrected chi connectivity index (χ3v) is 5.40. The first kappa shape index (κ1) is 19.8. The Morgan fingerprint density at radius 1 is 1.07 bits per heavy atom. The number of Topliss-reactive ketones (excluding diaryl/α,β-unsaturated/α-hetero) is 1. The van der Waals surface area contributed by atoms with Crippen molar-refractivity contribution in [2.75, 3.05) is 0 Å². The van der Waals surface area contributed by atoms with Gasteiger partial charge in [-0.1, -0.05) is 24.3 Å². The number of piperidine rings is 2. The number of ketones is 1. The molecule has 3 rings (SSSR count). The first-order valence-corrected chi connectivity index (χ1v) is 9.59. The van der Waals surface area contributed by atoms with Crippen molar-refractivity contribution in [2.24, 2.45) is 5.92 Å². The second-order valence-electron chi connectivity index (χ2n) is 8.58. The molecule has 2 saturated heterocycles. The van der Waals surface area contributed by atoms with E-state index in [9.17, 15) is 18.4 Å². The van der Waals surface area contributed by atoms with Crippen molar-refractivity contribution in [3.63, 3.8) is 0 Å². The van der Waals surface area contributed by atoms with Crippen LogP contribution in [-0.2, 0) is 4.74 Å². The van der Waals surface area contributed by atoms with Crippen LogP contribution in [0.3, 0.4) is 0 Å². The maximum atomic E-state index is 12.9. The van der Waals surface area contributed by atoms with Crippen LogP contribution in [0.2, 0.25) is 0 Å². The van der Waals surface area contributed by atoms with Crippen molar-refractivity contribution >= 4 is 11.9 Å². The molecule has 1 amide bonds. The summed E-state index contributed by atoms with van der Waals surface area (Å²) >= 11 is 0. The maximum Gasteiger partial charge on any atom is 0.410 e. The van der Waals surface area contributed by atoms with E-state index < -0.39 is 12.0 Å². The number of halogens is 2. The predicted molar refractivity (Wildman–Crippen MR) is 98.0 cm³/mol. The summed E-state index contributed by atoms with van der Waals surface area (Å²) in [7, 11) is 0. The van der Waals surface area contributed by atoms with Crippen LogP contribution in [0.25, 0.3) is 0 Å². The molecule has 0 aromatic heterocycles. The van der Waals surface area contributed by atoms with Crippen molar-refractivity contribution in [3.8, 4) is 0 Å². The monoisotopic (exact) mass is 379 g/mol. The molecule has 0 saturated carbocycles. The van der Waals surface area contributed by atoms with E-state index in [4.69, 9.17) is 4.74 Å². The molecule has 2 bridgehead atoms. The minimum Gasteiger partial charge on any atom is -0.444 e. The zero-order chi connectivity index (χ0) is 19.8. The largest absolute Gasteiger partial charge is 0.444 e. The van der Waals surface area contributed by atoms with E-state index in [2.05, 4.69) is 0 Å². The Bertz CT molecular complexity index is 682. The van der Waals surface area contributed by atoms with Crippen LogP contribution in [0.1, 0.15) is 75.2 Å². The fraction of sp³-hybridized carbons (Fsp3) is 0.619. The molecule has 27 heavy (non-hydrogen) atoms. The summed E-state index contributed by atoms with van der Waals surface area (Å²) in [5.74, 6) is -0.201. The van der Waals surface area contributed by atoms with E-state index in [-0.39, 0.29) is 35.4 Å². The molecule has 148 valence electrons. The van der Waals surface area contributed by atoms with Gasteiger partial charge in [0, 0.05) is 29.1 Å². The summed E-state index contributed by atoms with van der Waals surface area (Å²) in [4.78, 5) is 27.3. The zero-order valence-corrected chi connectivity index (χ0v) is 16.1. The molecule has 0 radical (unpaired) electrons. The topological polar surface area (TPSA) is 46.6 Å². The molecular formula is C21H27F2NO3. The summed E-state index contributed by atoms with van der Waals surface area (Å²) in [6.07, 6.45) is 1.14. The molecule has 2 aliphatic rings. The highest BCUT2D eigenvalue weighted by Crippen LogP contribution is 2.39. The van der Waals surface area contributed by atoms with Gasteiger partial charge in [-0.2, -0.15) is 0 Å². The molecule has 1 aromatic carbocycles. The maximum absolute atomic E-state index is 12.9. The van der Waals surface area contributed by atoms with Crippen molar-refractivity contribution in [1.29, 1.82) is 0 Å². The molecule has 0 aliphatic carbocycles. The molecule has 6 heteroatoms. The van der Waals surface area contributed by atoms with E-state index in [0.717, 1.165) is 19.3 Å². The van der Waals surface area contributed by atoms with Gasteiger partial charge in [0.05, 0.1) is 0 Å². The predicted octanol–water partition coefficient (Wildman–Crippen LogP) is 5.38. The van der Waals surface area contributed by atoms with Gasteiger partial charge in [-0.15, -0.1) is 0 Å². The van der Waals surface area contributed by atoms with Crippen molar-refractivity contribution < 1.29 is 23.1 Å². The Morgan fingerprint density at radius 2 is 1.63 bits per heavy atom. The molecule has 0 spiro atoms. The molecule has 2 heterocycles. The standard InChI is InChI=1S/C21H27F2NO3/c1-21(2,3)27-20(26)24-16-5-4-6-17(24)12-15(11-16)18(25)13-7-9-14(10-8-13)19(22)23/h7-10,15-17,19H,4-6,11-12H2,1-3H3. The van der Waals surface area contributed by atoms with Crippen LogP contribution >= 0.6 is 0 Å². The molecule has 2 unspecified atom stereocenters. The third kappa shape index (κ3) is 4.47. The molecule has 2 atom stereocenters. The van der Waals surface area contributed by atoms with Gasteiger partial charge in [0.1, 0.15) is 5.60 Å². The minimum absolute atomic E-state index is 0.00152. The number of nitrogens with zero attached hydrogens (tertiary/aromatic N) is 1. The summed E-state index contributed by atoms with van der Waals surface area (Å²) in [5.41, 5.74) is -0.166. The van der Waals surface area contributed by atoms with Crippen LogP contribution in [0, 0.1) is 5.92 Å². The number of carbonyl (C=O) groups excluding carboxylic acids is 2. The normalized spacial score (nSPS) is 25.4. The Labute approximate surface area is 158 Å². The number of alkyl halides is 2. The lowest BCUT2D eigenvalue weighted by Crippen LogP contribution is -2.56. The number of ether oxygens (including phenoxy) is 1. The minimum atomic E-state index is -2.54. The van der Waals surface area contributed by atoms with E-state index in [1.165, 1.54) is 24.3 Å². The van der Waals surface area contributed by atoms with E-state index >= 15 is 0 Å². The van der Waals surface area contributed by atoms with Gasteiger partial charge in [-0.25, -0.2) is 13.6 Å². The van der Waals surface area contributed by atoms with Crippen molar-refractivity contribution in [1.82, 2.24) is 4.90 Å². The summed E-state index contributed by atoms with van der Waals surface area (Å²) < 4.78 is 31.0. The second kappa shape index (κ2) is 7.56. The molecular weight excluding hydrogens is 352 g/mol. The molecule has 2 fully saturated rings. The van der Waals surface area contributed by atoms with Gasteiger partial charge in [0.2, 0.25) is 0 Å². The number of fused-ring (bicyclic) bond motifs is 2. The summed E-state index contributed by atoms with van der Waals surface area (Å²) in [6.45, 7) is 5.54. The van der Waals surface area contributed by atoms with E-state index in [1.807, 2.05) is 25.7 Å². The number of rotatable bonds is 3. The molecule has 0 N–H and O–H groups in total. The average Bonchev–Trinajstić information content (AvgIpc) is 2.58. The highest BCUT2D eigenvalue weighted by atomic mass is 19.3. The van der Waals surface area contributed by atoms with Crippen LogP contribution in [0.4, 0.5) is 13.6 Å². The number of carbonyl (C=O) groups is 2. The first-order valence-electron chi connectivity index (χ1n) is 9.59. The highest BCUT2D eigenvalue weighted by Gasteiger charge is 2.44. The van der Waals surface area contributed by atoms with Gasteiger partial charge in [0.25, 0.3) is 6.43 Å².